The van der Waals surface area contributed by atoms with Crippen LogP contribution in [0.4, 0.5) is 5.69 Å². The van der Waals surface area contributed by atoms with Crippen molar-refractivity contribution >= 4 is 17.0 Å². The zero-order valence-electron chi connectivity index (χ0n) is 8.95. The monoisotopic (exact) mass is 218 g/mol. The minimum atomic E-state index is 0.799. The minimum Gasteiger partial charge on any atom is -0.379 e. The number of benzene rings is 1. The van der Waals surface area contributed by atoms with Crippen molar-refractivity contribution in [2.75, 3.05) is 5.32 Å². The van der Waals surface area contributed by atoms with E-state index in [0.29, 0.717) is 0 Å². The first-order valence-corrected chi connectivity index (χ1v) is 5.88. The first-order valence-electron chi connectivity index (χ1n) is 4.94. The van der Waals surface area contributed by atoms with Crippen molar-refractivity contribution in [1.82, 2.24) is 4.98 Å². The van der Waals surface area contributed by atoms with Gasteiger partial charge in [-0.05, 0) is 25.5 Å². The van der Waals surface area contributed by atoms with Crippen LogP contribution >= 0.6 is 11.3 Å². The van der Waals surface area contributed by atoms with Crippen LogP contribution in [-0.4, -0.2) is 4.98 Å². The summed E-state index contributed by atoms with van der Waals surface area (Å²) in [6.45, 7) is 5.03. The van der Waals surface area contributed by atoms with Gasteiger partial charge in [0.05, 0.1) is 17.7 Å². The van der Waals surface area contributed by atoms with Crippen molar-refractivity contribution in [1.29, 1.82) is 0 Å². The summed E-state index contributed by atoms with van der Waals surface area (Å²) >= 11 is 1.63. The van der Waals surface area contributed by atoms with Crippen molar-refractivity contribution < 1.29 is 0 Å². The Bertz CT molecular complexity index is 435. The number of aromatic nitrogens is 1. The molecule has 0 amide bonds. The van der Waals surface area contributed by atoms with Crippen LogP contribution in [0.25, 0.3) is 0 Å². The third kappa shape index (κ3) is 2.57. The second-order valence-corrected chi connectivity index (χ2v) is 4.37. The average molecular weight is 218 g/mol. The Morgan fingerprint density at radius 3 is 2.87 bits per heavy atom. The van der Waals surface area contributed by atoms with E-state index in [1.54, 1.807) is 11.3 Å². The topological polar surface area (TPSA) is 24.9 Å². The van der Waals surface area contributed by atoms with E-state index >= 15 is 0 Å². The molecule has 15 heavy (non-hydrogen) atoms. The third-order valence-electron chi connectivity index (χ3n) is 2.33. The first-order chi connectivity index (χ1) is 7.25. The normalized spacial score (nSPS) is 10.3. The standard InChI is InChI=1S/C12H14N2S/c1-9-3-4-12(10(2)5-9)13-6-11-7-15-8-14-11/h3-5,7-8,13H,6H2,1-2H3. The lowest BCUT2D eigenvalue weighted by molar-refractivity contribution is 1.07. The Balaban J connectivity index is 2.05. The summed E-state index contributed by atoms with van der Waals surface area (Å²) in [5, 5.41) is 5.45. The fourth-order valence-electron chi connectivity index (χ4n) is 1.52. The van der Waals surface area contributed by atoms with Gasteiger partial charge in [0, 0.05) is 11.1 Å². The van der Waals surface area contributed by atoms with E-state index in [-0.39, 0.29) is 0 Å². The molecule has 3 heteroatoms. The Morgan fingerprint density at radius 1 is 1.33 bits per heavy atom. The van der Waals surface area contributed by atoms with E-state index in [4.69, 9.17) is 0 Å². The van der Waals surface area contributed by atoms with Gasteiger partial charge < -0.3 is 5.32 Å². The summed E-state index contributed by atoms with van der Waals surface area (Å²) < 4.78 is 0. The number of hydrogen-bond donors (Lipinski definition) is 1. The highest BCUT2D eigenvalue weighted by atomic mass is 32.1. The maximum Gasteiger partial charge on any atom is 0.0795 e. The zero-order chi connectivity index (χ0) is 10.7. The smallest absolute Gasteiger partial charge is 0.0795 e. The molecule has 0 spiro atoms. The Kier molecular flexibility index (Phi) is 3.02. The highest BCUT2D eigenvalue weighted by Crippen LogP contribution is 2.16. The molecule has 1 N–H and O–H groups in total. The van der Waals surface area contributed by atoms with Gasteiger partial charge in [-0.15, -0.1) is 11.3 Å². The van der Waals surface area contributed by atoms with Crippen LogP contribution in [0.15, 0.2) is 29.1 Å². The largest absolute Gasteiger partial charge is 0.379 e. The first kappa shape index (κ1) is 10.2. The molecular weight excluding hydrogens is 204 g/mol. The molecule has 0 unspecified atom stereocenters. The van der Waals surface area contributed by atoms with Gasteiger partial charge in [-0.1, -0.05) is 17.7 Å². The fraction of sp³-hybridized carbons (Fsp3) is 0.250. The lowest BCUT2D eigenvalue weighted by Crippen LogP contribution is -2.01. The quantitative estimate of drug-likeness (QED) is 0.854. The summed E-state index contributed by atoms with van der Waals surface area (Å²) in [6.07, 6.45) is 0. The fourth-order valence-corrected chi connectivity index (χ4v) is 2.08. The molecule has 0 fully saturated rings. The van der Waals surface area contributed by atoms with Gasteiger partial charge >= 0.3 is 0 Å². The molecule has 0 bridgehead atoms. The number of nitrogens with zero attached hydrogens (tertiary/aromatic N) is 1. The molecule has 0 saturated heterocycles. The Morgan fingerprint density at radius 2 is 2.20 bits per heavy atom. The van der Waals surface area contributed by atoms with Gasteiger partial charge in [-0.2, -0.15) is 0 Å². The van der Waals surface area contributed by atoms with Crippen LogP contribution in [0.3, 0.4) is 0 Å². The van der Waals surface area contributed by atoms with Crippen molar-refractivity contribution in [3.63, 3.8) is 0 Å². The molecule has 0 aliphatic rings. The lowest BCUT2D eigenvalue weighted by atomic mass is 10.1. The molecule has 1 aromatic heterocycles. The summed E-state index contributed by atoms with van der Waals surface area (Å²) in [4.78, 5) is 4.23. The van der Waals surface area contributed by atoms with E-state index in [1.807, 2.05) is 5.51 Å². The molecule has 1 aromatic carbocycles. The van der Waals surface area contributed by atoms with E-state index in [1.165, 1.54) is 16.8 Å². The maximum absolute atomic E-state index is 4.23. The number of thiazole rings is 1. The lowest BCUT2D eigenvalue weighted by Gasteiger charge is -2.08. The molecule has 78 valence electrons. The molecule has 0 radical (unpaired) electrons. The maximum atomic E-state index is 4.23. The van der Waals surface area contributed by atoms with Crippen LogP contribution in [0.5, 0.6) is 0 Å². The Hall–Kier alpha value is -1.35. The molecule has 0 saturated carbocycles. The number of nitrogens with one attached hydrogen (secondary N) is 1. The minimum absolute atomic E-state index is 0.799. The molecule has 0 aliphatic heterocycles. The second kappa shape index (κ2) is 4.45. The summed E-state index contributed by atoms with van der Waals surface area (Å²) in [5.74, 6) is 0. The number of rotatable bonds is 3. The van der Waals surface area contributed by atoms with Crippen molar-refractivity contribution in [3.8, 4) is 0 Å². The predicted molar refractivity (Wildman–Crippen MR) is 65.4 cm³/mol. The molecule has 1 heterocycles. The SMILES string of the molecule is Cc1ccc(NCc2cscn2)c(C)c1. The summed E-state index contributed by atoms with van der Waals surface area (Å²) in [6, 6.07) is 6.43. The average Bonchev–Trinajstić information content (AvgIpc) is 2.69. The second-order valence-electron chi connectivity index (χ2n) is 3.65. The molecule has 0 aliphatic carbocycles. The van der Waals surface area contributed by atoms with Crippen molar-refractivity contribution in [2.24, 2.45) is 0 Å². The van der Waals surface area contributed by atoms with Crippen molar-refractivity contribution in [3.05, 3.63) is 45.9 Å². The third-order valence-corrected chi connectivity index (χ3v) is 2.96. The van der Waals surface area contributed by atoms with Gasteiger partial charge in [0.1, 0.15) is 0 Å². The highest BCUT2D eigenvalue weighted by molar-refractivity contribution is 7.07. The van der Waals surface area contributed by atoms with Crippen LogP contribution < -0.4 is 5.32 Å². The van der Waals surface area contributed by atoms with Crippen LogP contribution in [-0.2, 0) is 6.54 Å². The Labute approximate surface area is 94.0 Å². The van der Waals surface area contributed by atoms with Crippen LogP contribution in [0.1, 0.15) is 16.8 Å². The molecule has 2 nitrogen and oxygen atoms in total. The van der Waals surface area contributed by atoms with Gasteiger partial charge in [-0.25, -0.2) is 4.98 Å². The molecular formula is C12H14N2S. The van der Waals surface area contributed by atoms with Gasteiger partial charge in [-0.3, -0.25) is 0 Å². The van der Waals surface area contributed by atoms with Gasteiger partial charge in [0.2, 0.25) is 0 Å². The number of aryl methyl sites for hydroxylation is 2. The van der Waals surface area contributed by atoms with Gasteiger partial charge in [0.15, 0.2) is 0 Å². The van der Waals surface area contributed by atoms with E-state index in [0.717, 1.165) is 12.2 Å². The molecule has 2 aromatic rings. The van der Waals surface area contributed by atoms with Gasteiger partial charge in [0.25, 0.3) is 0 Å². The van der Waals surface area contributed by atoms with E-state index in [2.05, 4.69) is 47.7 Å². The van der Waals surface area contributed by atoms with Crippen molar-refractivity contribution in [2.45, 2.75) is 20.4 Å². The number of anilines is 1. The zero-order valence-corrected chi connectivity index (χ0v) is 9.77. The summed E-state index contributed by atoms with van der Waals surface area (Å²) in [5.41, 5.74) is 6.73. The van der Waals surface area contributed by atoms with E-state index < -0.39 is 0 Å². The van der Waals surface area contributed by atoms with Crippen LogP contribution in [0.2, 0.25) is 0 Å². The van der Waals surface area contributed by atoms with Crippen LogP contribution in [0, 0.1) is 13.8 Å². The molecule has 2 rings (SSSR count). The molecule has 0 atom stereocenters. The predicted octanol–water partition coefficient (Wildman–Crippen LogP) is 3.37. The van der Waals surface area contributed by atoms with E-state index in [9.17, 15) is 0 Å². The number of hydrogen-bond acceptors (Lipinski definition) is 3. The highest BCUT2D eigenvalue weighted by Gasteiger charge is 1.99. The summed E-state index contributed by atoms with van der Waals surface area (Å²) in [7, 11) is 0.